The fraction of sp³-hybridized carbons (Fsp3) is 0.391. The van der Waals surface area contributed by atoms with E-state index in [0.29, 0.717) is 5.89 Å². The third-order valence-electron chi connectivity index (χ3n) is 5.73. The molecule has 3 aromatic rings. The van der Waals surface area contributed by atoms with Crippen molar-refractivity contribution in [1.29, 1.82) is 0 Å². The molecule has 0 amide bonds. The monoisotopic (exact) mass is 390 g/mol. The lowest BCUT2D eigenvalue weighted by Gasteiger charge is -2.32. The fourth-order valence-corrected chi connectivity index (χ4v) is 4.06. The van der Waals surface area contributed by atoms with E-state index >= 15 is 0 Å². The number of benzene rings is 1. The van der Waals surface area contributed by atoms with E-state index in [1.807, 2.05) is 18.2 Å². The first-order valence-corrected chi connectivity index (χ1v) is 10.4. The highest BCUT2D eigenvalue weighted by molar-refractivity contribution is 5.62. The predicted octanol–water partition coefficient (Wildman–Crippen LogP) is 3.70. The van der Waals surface area contributed by atoms with Crippen LogP contribution in [0.5, 0.6) is 0 Å². The van der Waals surface area contributed by atoms with E-state index in [1.54, 1.807) is 6.20 Å². The number of hydrogen-bond acceptors (Lipinski definition) is 6. The molecule has 0 N–H and O–H groups in total. The highest BCUT2D eigenvalue weighted by Crippen LogP contribution is 2.31. The van der Waals surface area contributed by atoms with Gasteiger partial charge in [0.15, 0.2) is 0 Å². The summed E-state index contributed by atoms with van der Waals surface area (Å²) in [6.07, 6.45) is 3.68. The van der Waals surface area contributed by atoms with E-state index in [0.717, 1.165) is 69.4 Å². The van der Waals surface area contributed by atoms with Gasteiger partial charge in [-0.15, -0.1) is 0 Å². The Labute approximate surface area is 171 Å². The maximum Gasteiger partial charge on any atom is 0.245 e. The molecule has 0 unspecified atom stereocenters. The van der Waals surface area contributed by atoms with Crippen molar-refractivity contribution in [2.24, 2.45) is 0 Å². The highest BCUT2D eigenvalue weighted by atomic mass is 16.5. The van der Waals surface area contributed by atoms with Crippen molar-refractivity contribution in [2.75, 3.05) is 42.6 Å². The molecule has 0 aliphatic carbocycles. The number of nitrogens with zero attached hydrogens (tertiary/aromatic N) is 4. The summed E-state index contributed by atoms with van der Waals surface area (Å²) in [7, 11) is 0. The number of hydrogen-bond donors (Lipinski definition) is 0. The smallest absolute Gasteiger partial charge is 0.245 e. The standard InChI is InChI=1S/C23H26N4O2/c1-2-17-13-18(26-9-11-28-12-10-26)15-19(14-17)27-8-6-20-22(16-27)29-23(25-20)21-5-3-4-7-24-21/h3-5,7,13-15H,2,6,8-12,16H2,1H3. The minimum absolute atomic E-state index is 0.619. The van der Waals surface area contributed by atoms with Gasteiger partial charge < -0.3 is 19.0 Å². The average Bonchev–Trinajstić information content (AvgIpc) is 3.23. The summed E-state index contributed by atoms with van der Waals surface area (Å²) in [5, 5.41) is 0. The molecular formula is C23H26N4O2. The van der Waals surface area contributed by atoms with Gasteiger partial charge in [-0.3, -0.25) is 4.98 Å². The lowest BCUT2D eigenvalue weighted by molar-refractivity contribution is 0.122. The molecule has 6 nitrogen and oxygen atoms in total. The maximum atomic E-state index is 6.10. The molecule has 0 saturated carbocycles. The molecule has 0 radical (unpaired) electrons. The first-order chi connectivity index (χ1) is 14.3. The molecule has 1 fully saturated rings. The van der Waals surface area contributed by atoms with Gasteiger partial charge in [-0.1, -0.05) is 13.0 Å². The minimum Gasteiger partial charge on any atom is -0.438 e. The Kier molecular flexibility index (Phi) is 4.94. The summed E-state index contributed by atoms with van der Waals surface area (Å²) < 4.78 is 11.6. The van der Waals surface area contributed by atoms with Crippen molar-refractivity contribution in [3.63, 3.8) is 0 Å². The molecule has 29 heavy (non-hydrogen) atoms. The number of oxazole rings is 1. The minimum atomic E-state index is 0.619. The number of aromatic nitrogens is 2. The van der Waals surface area contributed by atoms with Gasteiger partial charge in [0.25, 0.3) is 0 Å². The van der Waals surface area contributed by atoms with Gasteiger partial charge in [0.05, 0.1) is 25.5 Å². The van der Waals surface area contributed by atoms with Gasteiger partial charge in [0.1, 0.15) is 11.5 Å². The maximum absolute atomic E-state index is 6.10. The van der Waals surface area contributed by atoms with Crippen LogP contribution in [0.25, 0.3) is 11.6 Å². The Hall–Kier alpha value is -2.86. The molecule has 5 rings (SSSR count). The molecule has 1 aromatic carbocycles. The van der Waals surface area contributed by atoms with Crippen LogP contribution in [-0.4, -0.2) is 42.8 Å². The third-order valence-corrected chi connectivity index (χ3v) is 5.73. The molecule has 2 aliphatic rings. The van der Waals surface area contributed by atoms with Gasteiger partial charge in [0, 0.05) is 43.6 Å². The molecule has 1 saturated heterocycles. The Balaban J connectivity index is 1.41. The van der Waals surface area contributed by atoms with Crippen molar-refractivity contribution >= 4 is 11.4 Å². The van der Waals surface area contributed by atoms with Gasteiger partial charge in [-0.05, 0) is 42.3 Å². The second kappa shape index (κ2) is 7.87. The summed E-state index contributed by atoms with van der Waals surface area (Å²) in [4.78, 5) is 13.9. The second-order valence-corrected chi connectivity index (χ2v) is 7.59. The summed E-state index contributed by atoms with van der Waals surface area (Å²) in [6, 6.07) is 12.7. The fourth-order valence-electron chi connectivity index (χ4n) is 4.06. The van der Waals surface area contributed by atoms with Crippen LogP contribution < -0.4 is 9.80 Å². The zero-order chi connectivity index (χ0) is 19.6. The van der Waals surface area contributed by atoms with Crippen LogP contribution in [0.4, 0.5) is 11.4 Å². The van der Waals surface area contributed by atoms with Crippen LogP contribution in [0.15, 0.2) is 47.0 Å². The topological polar surface area (TPSA) is 54.6 Å². The number of rotatable bonds is 4. The van der Waals surface area contributed by atoms with E-state index in [2.05, 4.69) is 39.9 Å². The number of ether oxygens (including phenoxy) is 1. The van der Waals surface area contributed by atoms with E-state index in [9.17, 15) is 0 Å². The van der Waals surface area contributed by atoms with Gasteiger partial charge >= 0.3 is 0 Å². The Morgan fingerprint density at radius 3 is 2.59 bits per heavy atom. The van der Waals surface area contributed by atoms with Crippen LogP contribution in [0.1, 0.15) is 23.9 Å². The average molecular weight is 390 g/mol. The summed E-state index contributed by atoms with van der Waals surface area (Å²) in [5.74, 6) is 1.57. The highest BCUT2D eigenvalue weighted by Gasteiger charge is 2.24. The van der Waals surface area contributed by atoms with Gasteiger partial charge in [0.2, 0.25) is 5.89 Å². The lowest BCUT2D eigenvalue weighted by Crippen LogP contribution is -2.36. The molecule has 6 heteroatoms. The first-order valence-electron chi connectivity index (χ1n) is 10.4. The molecule has 4 heterocycles. The van der Waals surface area contributed by atoms with Crippen LogP contribution in [-0.2, 0) is 24.1 Å². The Bertz CT molecular complexity index is 980. The van der Waals surface area contributed by atoms with E-state index in [-0.39, 0.29) is 0 Å². The van der Waals surface area contributed by atoms with Gasteiger partial charge in [-0.25, -0.2) is 4.98 Å². The van der Waals surface area contributed by atoms with Crippen molar-refractivity contribution < 1.29 is 9.15 Å². The van der Waals surface area contributed by atoms with Crippen molar-refractivity contribution in [1.82, 2.24) is 9.97 Å². The largest absolute Gasteiger partial charge is 0.438 e. The Morgan fingerprint density at radius 1 is 1.00 bits per heavy atom. The predicted molar refractivity (Wildman–Crippen MR) is 113 cm³/mol. The Morgan fingerprint density at radius 2 is 1.83 bits per heavy atom. The zero-order valence-corrected chi connectivity index (χ0v) is 16.8. The molecule has 2 aliphatic heterocycles. The molecule has 0 bridgehead atoms. The molecule has 2 aromatic heterocycles. The third kappa shape index (κ3) is 3.72. The number of aryl methyl sites for hydroxylation is 1. The zero-order valence-electron chi connectivity index (χ0n) is 16.8. The quantitative estimate of drug-likeness (QED) is 0.677. The molecule has 150 valence electrons. The summed E-state index contributed by atoms with van der Waals surface area (Å²) >= 11 is 0. The second-order valence-electron chi connectivity index (χ2n) is 7.59. The summed E-state index contributed by atoms with van der Waals surface area (Å²) in [6.45, 7) is 7.40. The molecule has 0 atom stereocenters. The van der Waals surface area contributed by atoms with Crippen molar-refractivity contribution in [3.05, 3.63) is 59.6 Å². The molecular weight excluding hydrogens is 364 g/mol. The van der Waals surface area contributed by atoms with Crippen molar-refractivity contribution in [3.8, 4) is 11.6 Å². The van der Waals surface area contributed by atoms with E-state index in [4.69, 9.17) is 14.1 Å². The van der Waals surface area contributed by atoms with Gasteiger partial charge in [-0.2, -0.15) is 0 Å². The SMILES string of the molecule is CCc1cc(N2CCOCC2)cc(N2CCc3nc(-c4ccccn4)oc3C2)c1. The van der Waals surface area contributed by atoms with E-state index in [1.165, 1.54) is 16.9 Å². The van der Waals surface area contributed by atoms with E-state index < -0.39 is 0 Å². The van der Waals surface area contributed by atoms with Crippen LogP contribution in [0, 0.1) is 0 Å². The number of fused-ring (bicyclic) bond motifs is 1. The molecule has 0 spiro atoms. The van der Waals surface area contributed by atoms with Crippen LogP contribution in [0.2, 0.25) is 0 Å². The number of anilines is 2. The summed E-state index contributed by atoms with van der Waals surface area (Å²) in [5.41, 5.74) is 5.76. The number of pyridine rings is 1. The van der Waals surface area contributed by atoms with Crippen LogP contribution >= 0.6 is 0 Å². The van der Waals surface area contributed by atoms with Crippen molar-refractivity contribution in [2.45, 2.75) is 26.3 Å². The first kappa shape index (κ1) is 18.2. The van der Waals surface area contributed by atoms with Crippen LogP contribution in [0.3, 0.4) is 0 Å². The number of morpholine rings is 1. The lowest BCUT2D eigenvalue weighted by atomic mass is 10.1. The normalized spacial score (nSPS) is 16.7.